The smallest absolute Gasteiger partial charge is 0.139 e. The summed E-state index contributed by atoms with van der Waals surface area (Å²) >= 11 is 12.7. The van der Waals surface area contributed by atoms with Crippen LogP contribution in [0.3, 0.4) is 0 Å². The van der Waals surface area contributed by atoms with Crippen molar-refractivity contribution in [3.05, 3.63) is 44.2 Å². The quantitative estimate of drug-likeness (QED) is 0.871. The highest BCUT2D eigenvalue weighted by Crippen LogP contribution is 2.26. The molecule has 3 nitrogen and oxygen atoms in total. The zero-order chi connectivity index (χ0) is 14.9. The number of hydrogen-bond donors (Lipinski definition) is 1. The summed E-state index contributed by atoms with van der Waals surface area (Å²) in [5.74, 6) is 0.819. The summed E-state index contributed by atoms with van der Waals surface area (Å²) in [4.78, 5) is 8.19. The van der Waals surface area contributed by atoms with Gasteiger partial charge in [0.15, 0.2) is 0 Å². The van der Waals surface area contributed by atoms with Gasteiger partial charge in [0.25, 0.3) is 0 Å². The van der Waals surface area contributed by atoms with E-state index in [4.69, 9.17) is 29.6 Å². The van der Waals surface area contributed by atoms with E-state index in [0.717, 1.165) is 33.5 Å². The maximum Gasteiger partial charge on any atom is 0.139 e. The van der Waals surface area contributed by atoms with Crippen LogP contribution in [-0.4, -0.2) is 17.0 Å². The molecule has 2 aromatic heterocycles. The zero-order valence-electron chi connectivity index (χ0n) is 11.6. The molecule has 6 heteroatoms. The Morgan fingerprint density at radius 2 is 2.15 bits per heavy atom. The molecule has 0 saturated carbocycles. The van der Waals surface area contributed by atoms with Gasteiger partial charge in [0, 0.05) is 17.6 Å². The minimum Gasteiger partial charge on any atom is -0.389 e. The van der Waals surface area contributed by atoms with Crippen LogP contribution in [0.2, 0.25) is 4.34 Å². The van der Waals surface area contributed by atoms with Crippen LogP contribution < -0.4 is 10.6 Å². The predicted molar refractivity (Wildman–Crippen MR) is 91.0 cm³/mol. The van der Waals surface area contributed by atoms with Crippen molar-refractivity contribution in [1.29, 1.82) is 0 Å². The third-order valence-electron chi connectivity index (χ3n) is 2.96. The number of hydrogen-bond acceptors (Lipinski definition) is 4. The monoisotopic (exact) mass is 325 g/mol. The van der Waals surface area contributed by atoms with Crippen molar-refractivity contribution in [3.63, 3.8) is 0 Å². The lowest BCUT2D eigenvalue weighted by Crippen LogP contribution is -2.23. The average molecular weight is 326 g/mol. The highest BCUT2D eigenvalue weighted by molar-refractivity contribution is 7.80. The zero-order valence-corrected chi connectivity index (χ0v) is 14.0. The van der Waals surface area contributed by atoms with E-state index in [9.17, 15) is 0 Å². The van der Waals surface area contributed by atoms with Crippen molar-refractivity contribution in [2.75, 3.05) is 11.9 Å². The molecule has 0 bridgehead atoms. The van der Waals surface area contributed by atoms with Gasteiger partial charge in [-0.3, -0.25) is 0 Å². The van der Waals surface area contributed by atoms with Crippen LogP contribution in [0.4, 0.5) is 5.82 Å². The number of nitrogens with two attached hydrogens (primary N) is 1. The number of anilines is 1. The summed E-state index contributed by atoms with van der Waals surface area (Å²) in [7, 11) is 1.98. The Kier molecular flexibility index (Phi) is 4.62. The minimum atomic E-state index is 0.376. The van der Waals surface area contributed by atoms with Gasteiger partial charge in [-0.25, -0.2) is 4.98 Å². The number of thiocarbonyl (C=S) groups is 1. The molecule has 0 aliphatic heterocycles. The van der Waals surface area contributed by atoms with Gasteiger partial charge >= 0.3 is 0 Å². The summed E-state index contributed by atoms with van der Waals surface area (Å²) in [6.07, 6.45) is 0. The Morgan fingerprint density at radius 3 is 2.70 bits per heavy atom. The predicted octanol–water partition coefficient (Wildman–Crippen LogP) is 3.68. The van der Waals surface area contributed by atoms with Gasteiger partial charge in [-0.15, -0.1) is 11.3 Å². The van der Waals surface area contributed by atoms with Gasteiger partial charge in [-0.2, -0.15) is 0 Å². The van der Waals surface area contributed by atoms with Crippen LogP contribution >= 0.6 is 35.2 Å². The fourth-order valence-electron chi connectivity index (χ4n) is 2.14. The third-order valence-corrected chi connectivity index (χ3v) is 4.38. The third kappa shape index (κ3) is 3.29. The number of thiophene rings is 1. The molecule has 2 heterocycles. The molecule has 0 amide bonds. The fourth-order valence-corrected chi connectivity index (χ4v) is 3.54. The number of halogens is 1. The van der Waals surface area contributed by atoms with Crippen molar-refractivity contribution in [1.82, 2.24) is 4.98 Å². The lowest BCUT2D eigenvalue weighted by Gasteiger charge is -2.22. The Hall–Kier alpha value is -1.17. The number of rotatable bonds is 4. The van der Waals surface area contributed by atoms with Crippen LogP contribution in [0.1, 0.15) is 21.7 Å². The molecule has 20 heavy (non-hydrogen) atoms. The fraction of sp³-hybridized carbons (Fsp3) is 0.286. The van der Waals surface area contributed by atoms with E-state index in [1.807, 2.05) is 39.1 Å². The van der Waals surface area contributed by atoms with E-state index < -0.39 is 0 Å². The molecule has 0 unspecified atom stereocenters. The van der Waals surface area contributed by atoms with Crippen molar-refractivity contribution >= 4 is 46.0 Å². The van der Waals surface area contributed by atoms with Crippen LogP contribution in [0, 0.1) is 13.8 Å². The van der Waals surface area contributed by atoms with Crippen molar-refractivity contribution < 1.29 is 0 Å². The van der Waals surface area contributed by atoms with Crippen LogP contribution in [0.5, 0.6) is 0 Å². The van der Waals surface area contributed by atoms with Gasteiger partial charge in [0.2, 0.25) is 0 Å². The average Bonchev–Trinajstić information content (AvgIpc) is 2.72. The maximum absolute atomic E-state index is 5.97. The van der Waals surface area contributed by atoms with Crippen LogP contribution in [0.25, 0.3) is 0 Å². The second-order valence-corrected chi connectivity index (χ2v) is 6.94. The van der Waals surface area contributed by atoms with Crippen LogP contribution in [-0.2, 0) is 6.54 Å². The summed E-state index contributed by atoms with van der Waals surface area (Å²) in [6, 6.07) is 5.92. The molecule has 0 spiro atoms. The second-order valence-electron chi connectivity index (χ2n) is 4.71. The SMILES string of the molecule is Cc1cc(C)c(C(N)=S)c(N(C)Cc2ccc(Cl)s2)n1. The largest absolute Gasteiger partial charge is 0.389 e. The Labute approximate surface area is 133 Å². The Morgan fingerprint density at radius 1 is 1.45 bits per heavy atom. The van der Waals surface area contributed by atoms with E-state index in [1.54, 1.807) is 11.3 Å². The number of aryl methyl sites for hydroxylation is 2. The summed E-state index contributed by atoms with van der Waals surface area (Å²) in [6.45, 7) is 4.70. The molecule has 0 aliphatic carbocycles. The molecule has 0 aliphatic rings. The molecule has 2 N–H and O–H groups in total. The molecule has 0 saturated heterocycles. The van der Waals surface area contributed by atoms with Crippen LogP contribution in [0.15, 0.2) is 18.2 Å². The maximum atomic E-state index is 5.97. The topological polar surface area (TPSA) is 42.1 Å². The molecule has 0 aromatic carbocycles. The first-order valence-electron chi connectivity index (χ1n) is 6.12. The standard InChI is InChI=1S/C14H16ClN3S2/c1-8-6-9(2)17-14(12(8)13(16)19)18(3)7-10-4-5-11(15)20-10/h4-6H,7H2,1-3H3,(H2,16,19). The van der Waals surface area contributed by atoms with E-state index >= 15 is 0 Å². The van der Waals surface area contributed by atoms with E-state index in [1.165, 1.54) is 4.88 Å². The molecular formula is C14H16ClN3S2. The molecule has 0 atom stereocenters. The summed E-state index contributed by atoms with van der Waals surface area (Å²) < 4.78 is 0.788. The van der Waals surface area contributed by atoms with Crippen molar-refractivity contribution in [3.8, 4) is 0 Å². The molecule has 2 rings (SSSR count). The highest BCUT2D eigenvalue weighted by atomic mass is 35.5. The lowest BCUT2D eigenvalue weighted by molar-refractivity contribution is 0.901. The Bertz CT molecular complexity index is 652. The van der Waals surface area contributed by atoms with E-state index in [2.05, 4.69) is 9.88 Å². The number of aromatic nitrogens is 1. The molecule has 106 valence electrons. The molecule has 2 aromatic rings. The normalized spacial score (nSPS) is 10.6. The first kappa shape index (κ1) is 15.2. The first-order valence-corrected chi connectivity index (χ1v) is 7.72. The minimum absolute atomic E-state index is 0.376. The molecule has 0 fully saturated rings. The Balaban J connectivity index is 2.38. The van der Waals surface area contributed by atoms with Gasteiger partial charge in [-0.05, 0) is 37.6 Å². The van der Waals surface area contributed by atoms with Gasteiger partial charge in [0.05, 0.1) is 16.4 Å². The van der Waals surface area contributed by atoms with Crippen molar-refractivity contribution in [2.45, 2.75) is 20.4 Å². The number of pyridine rings is 1. The second kappa shape index (κ2) is 6.08. The van der Waals surface area contributed by atoms with Gasteiger partial charge < -0.3 is 10.6 Å². The summed E-state index contributed by atoms with van der Waals surface area (Å²) in [5, 5.41) is 0. The van der Waals surface area contributed by atoms with Gasteiger partial charge in [0.1, 0.15) is 10.8 Å². The molecular weight excluding hydrogens is 310 g/mol. The molecule has 0 radical (unpaired) electrons. The highest BCUT2D eigenvalue weighted by Gasteiger charge is 2.16. The lowest BCUT2D eigenvalue weighted by atomic mass is 10.1. The van der Waals surface area contributed by atoms with E-state index in [-0.39, 0.29) is 0 Å². The van der Waals surface area contributed by atoms with Gasteiger partial charge in [-0.1, -0.05) is 23.8 Å². The summed E-state index contributed by atoms with van der Waals surface area (Å²) in [5.41, 5.74) is 8.69. The first-order chi connectivity index (χ1) is 9.38. The van der Waals surface area contributed by atoms with E-state index in [0.29, 0.717) is 4.99 Å². The van der Waals surface area contributed by atoms with Crippen molar-refractivity contribution in [2.24, 2.45) is 5.73 Å². The number of nitrogens with zero attached hydrogens (tertiary/aromatic N) is 2.